The summed E-state index contributed by atoms with van der Waals surface area (Å²) < 4.78 is 0. The quantitative estimate of drug-likeness (QED) is 0.680. The Hall–Kier alpha value is -0.570. The second kappa shape index (κ2) is 7.04. The summed E-state index contributed by atoms with van der Waals surface area (Å²) in [7, 11) is 0. The summed E-state index contributed by atoms with van der Waals surface area (Å²) in [6, 6.07) is 0. The van der Waals surface area contributed by atoms with Crippen LogP contribution in [0.1, 0.15) is 91.4 Å². The van der Waals surface area contributed by atoms with Crippen LogP contribution >= 0.6 is 0 Å². The molecule has 0 amide bonds. The molecule has 0 aromatic carbocycles. The van der Waals surface area contributed by atoms with Crippen molar-refractivity contribution in [3.8, 4) is 0 Å². The van der Waals surface area contributed by atoms with Crippen LogP contribution in [0.4, 0.5) is 0 Å². The number of aliphatic hydroxyl groups excluding tert-OH is 1. The van der Waals surface area contributed by atoms with Crippen LogP contribution in [0.25, 0.3) is 0 Å². The third kappa shape index (κ3) is 3.16. The number of fused-ring (bicyclic) bond motifs is 5. The first kappa shape index (κ1) is 19.7. The van der Waals surface area contributed by atoms with Crippen LogP contribution in [0.5, 0.6) is 0 Å². The Morgan fingerprint density at radius 1 is 1.00 bits per heavy atom. The average molecular weight is 377 g/mol. The minimum absolute atomic E-state index is 0.0561. The van der Waals surface area contributed by atoms with E-state index < -0.39 is 5.97 Å². The van der Waals surface area contributed by atoms with E-state index in [0.717, 1.165) is 42.9 Å². The Balaban J connectivity index is 1.51. The number of hydrogen-bond acceptors (Lipinski definition) is 2. The largest absolute Gasteiger partial charge is 0.481 e. The molecule has 4 aliphatic rings. The van der Waals surface area contributed by atoms with E-state index in [1.807, 2.05) is 0 Å². The fraction of sp³-hybridized carbons (Fsp3) is 0.958. The molecule has 0 saturated heterocycles. The highest BCUT2D eigenvalue weighted by Crippen LogP contribution is 2.68. The molecule has 4 fully saturated rings. The molecule has 4 aliphatic carbocycles. The van der Waals surface area contributed by atoms with Gasteiger partial charge in [-0.15, -0.1) is 0 Å². The Kier molecular flexibility index (Phi) is 5.15. The van der Waals surface area contributed by atoms with Crippen LogP contribution in [-0.2, 0) is 4.79 Å². The lowest BCUT2D eigenvalue weighted by atomic mass is 9.44. The molecule has 0 heterocycles. The van der Waals surface area contributed by atoms with Gasteiger partial charge in [0.2, 0.25) is 0 Å². The predicted molar refractivity (Wildman–Crippen MR) is 107 cm³/mol. The molecule has 154 valence electrons. The SMILES string of the molecule is CC(CCC(=O)O)[C@H]1CC[C@H]2[C@@H]3CC[C@H]4C[C@@H](O)CC[C@]4(C)[C@H]3CC[C@]12C. The fourth-order valence-corrected chi connectivity index (χ4v) is 8.76. The summed E-state index contributed by atoms with van der Waals surface area (Å²) in [4.78, 5) is 11.0. The number of aliphatic hydroxyl groups is 1. The molecular weight excluding hydrogens is 336 g/mol. The normalized spacial score (nSPS) is 50.4. The van der Waals surface area contributed by atoms with Crippen LogP contribution in [0.2, 0.25) is 0 Å². The van der Waals surface area contributed by atoms with Crippen LogP contribution in [0, 0.1) is 46.3 Å². The van der Waals surface area contributed by atoms with Gasteiger partial charge in [-0.1, -0.05) is 20.8 Å². The molecule has 2 N–H and O–H groups in total. The maximum atomic E-state index is 11.0. The maximum absolute atomic E-state index is 11.0. The lowest BCUT2D eigenvalue weighted by molar-refractivity contribution is -0.138. The third-order valence-corrected chi connectivity index (χ3v) is 10.2. The zero-order valence-electron chi connectivity index (χ0n) is 17.6. The van der Waals surface area contributed by atoms with E-state index in [9.17, 15) is 9.90 Å². The van der Waals surface area contributed by atoms with Crippen LogP contribution in [-0.4, -0.2) is 22.3 Å². The highest BCUT2D eigenvalue weighted by molar-refractivity contribution is 5.66. The van der Waals surface area contributed by atoms with Crippen LogP contribution in [0.3, 0.4) is 0 Å². The summed E-state index contributed by atoms with van der Waals surface area (Å²) in [5.41, 5.74) is 0.882. The van der Waals surface area contributed by atoms with Crippen molar-refractivity contribution >= 4 is 5.97 Å². The van der Waals surface area contributed by atoms with Gasteiger partial charge in [0.25, 0.3) is 0 Å². The zero-order valence-corrected chi connectivity index (χ0v) is 17.6. The van der Waals surface area contributed by atoms with Gasteiger partial charge in [0, 0.05) is 6.42 Å². The standard InChI is InChI=1S/C24H40O3/c1-15(4-9-22(26)27)19-7-8-20-18-6-5-16-14-17(25)10-12-23(16,2)21(18)11-13-24(19,20)3/h15-21,25H,4-14H2,1-3H3,(H,26,27)/t15?,16-,17-,18-,19+,20-,21-,23-,24+/m0/s1. The highest BCUT2D eigenvalue weighted by atomic mass is 16.4. The molecule has 0 aromatic heterocycles. The molecule has 0 aromatic rings. The maximum Gasteiger partial charge on any atom is 0.303 e. The fourth-order valence-electron chi connectivity index (χ4n) is 8.76. The van der Waals surface area contributed by atoms with Crippen molar-refractivity contribution in [3.63, 3.8) is 0 Å². The molecule has 3 nitrogen and oxygen atoms in total. The van der Waals surface area contributed by atoms with Gasteiger partial charge in [-0.25, -0.2) is 0 Å². The Morgan fingerprint density at radius 2 is 1.70 bits per heavy atom. The second-order valence-electron chi connectivity index (χ2n) is 11.2. The topological polar surface area (TPSA) is 57.5 Å². The molecule has 0 radical (unpaired) electrons. The number of carboxylic acid groups (broad SMARTS) is 1. The summed E-state index contributed by atoms with van der Waals surface area (Å²) in [6.07, 6.45) is 12.4. The van der Waals surface area contributed by atoms with Crippen molar-refractivity contribution in [2.75, 3.05) is 0 Å². The minimum Gasteiger partial charge on any atom is -0.481 e. The predicted octanol–water partition coefficient (Wildman–Crippen LogP) is 5.51. The van der Waals surface area contributed by atoms with E-state index in [1.54, 1.807) is 0 Å². The van der Waals surface area contributed by atoms with E-state index in [2.05, 4.69) is 20.8 Å². The van der Waals surface area contributed by atoms with Crippen LogP contribution < -0.4 is 0 Å². The molecule has 9 atom stereocenters. The van der Waals surface area contributed by atoms with Gasteiger partial charge in [0.05, 0.1) is 6.10 Å². The van der Waals surface area contributed by atoms with Crippen LogP contribution in [0.15, 0.2) is 0 Å². The minimum atomic E-state index is -0.643. The first-order valence-corrected chi connectivity index (χ1v) is 11.7. The van der Waals surface area contributed by atoms with Crippen molar-refractivity contribution in [3.05, 3.63) is 0 Å². The number of aliphatic carboxylic acids is 1. The van der Waals surface area contributed by atoms with E-state index >= 15 is 0 Å². The Morgan fingerprint density at radius 3 is 2.44 bits per heavy atom. The summed E-state index contributed by atoms with van der Waals surface area (Å²) >= 11 is 0. The smallest absolute Gasteiger partial charge is 0.303 e. The average Bonchev–Trinajstić information content (AvgIpc) is 2.97. The molecule has 0 aliphatic heterocycles. The van der Waals surface area contributed by atoms with Gasteiger partial charge in [-0.3, -0.25) is 4.79 Å². The van der Waals surface area contributed by atoms with Gasteiger partial charge < -0.3 is 10.2 Å². The number of carbonyl (C=O) groups is 1. The van der Waals surface area contributed by atoms with E-state index in [-0.39, 0.29) is 6.10 Å². The number of rotatable bonds is 4. The van der Waals surface area contributed by atoms with Gasteiger partial charge in [-0.05, 0) is 111 Å². The van der Waals surface area contributed by atoms with Crippen molar-refractivity contribution in [1.29, 1.82) is 0 Å². The monoisotopic (exact) mass is 376 g/mol. The molecule has 1 unspecified atom stereocenters. The zero-order chi connectivity index (χ0) is 19.4. The number of carboxylic acids is 1. The third-order valence-electron chi connectivity index (χ3n) is 10.2. The van der Waals surface area contributed by atoms with E-state index in [0.29, 0.717) is 29.1 Å². The second-order valence-corrected chi connectivity index (χ2v) is 11.2. The molecule has 0 spiro atoms. The van der Waals surface area contributed by atoms with Gasteiger partial charge in [0.1, 0.15) is 0 Å². The summed E-state index contributed by atoms with van der Waals surface area (Å²) in [5.74, 6) is 3.91. The van der Waals surface area contributed by atoms with E-state index in [4.69, 9.17) is 5.11 Å². The van der Waals surface area contributed by atoms with Crippen molar-refractivity contribution < 1.29 is 15.0 Å². The molecule has 4 rings (SSSR count). The lowest BCUT2D eigenvalue weighted by Gasteiger charge is -2.61. The van der Waals surface area contributed by atoms with Gasteiger partial charge in [0.15, 0.2) is 0 Å². The molecule has 3 heteroatoms. The Bertz CT molecular complexity index is 574. The van der Waals surface area contributed by atoms with Gasteiger partial charge in [-0.2, -0.15) is 0 Å². The Labute approximate surface area is 165 Å². The van der Waals surface area contributed by atoms with Crippen molar-refractivity contribution in [1.82, 2.24) is 0 Å². The van der Waals surface area contributed by atoms with Crippen molar-refractivity contribution in [2.24, 2.45) is 46.3 Å². The summed E-state index contributed by atoms with van der Waals surface area (Å²) in [6.45, 7) is 7.43. The lowest BCUT2D eigenvalue weighted by Crippen LogP contribution is -2.54. The van der Waals surface area contributed by atoms with Crippen molar-refractivity contribution in [2.45, 2.75) is 97.5 Å². The first-order chi connectivity index (χ1) is 12.8. The first-order valence-electron chi connectivity index (χ1n) is 11.7. The van der Waals surface area contributed by atoms with E-state index in [1.165, 1.54) is 44.9 Å². The molecule has 4 saturated carbocycles. The number of hydrogen-bond donors (Lipinski definition) is 2. The molecule has 27 heavy (non-hydrogen) atoms. The van der Waals surface area contributed by atoms with Gasteiger partial charge >= 0.3 is 5.97 Å². The molecular formula is C24H40O3. The molecule has 0 bridgehead atoms. The highest BCUT2D eigenvalue weighted by Gasteiger charge is 2.60. The summed E-state index contributed by atoms with van der Waals surface area (Å²) in [5, 5.41) is 19.3.